The molecule has 1 aliphatic heterocycles. The molecular weight excluding hydrogens is 364 g/mol. The first-order valence-corrected chi connectivity index (χ1v) is 10.2. The van der Waals surface area contributed by atoms with Gasteiger partial charge in [-0.05, 0) is 23.7 Å². The average Bonchev–Trinajstić information content (AvgIpc) is 3.12. The Kier molecular flexibility index (Phi) is 4.76. The molecule has 0 aliphatic carbocycles. The number of aliphatic hydroxyl groups is 1. The molecule has 10 heteroatoms. The Morgan fingerprint density at radius 3 is 2.48 bits per heavy atom. The summed E-state index contributed by atoms with van der Waals surface area (Å²) < 4.78 is 27.2. The van der Waals surface area contributed by atoms with E-state index in [1.165, 1.54) is 11.5 Å². The lowest BCUT2D eigenvalue weighted by Gasteiger charge is -2.14. The second-order valence-corrected chi connectivity index (χ2v) is 9.00. The van der Waals surface area contributed by atoms with Crippen LogP contribution in [0.3, 0.4) is 0 Å². The van der Waals surface area contributed by atoms with Crippen LogP contribution in [0, 0.1) is 0 Å². The third kappa shape index (κ3) is 3.97. The van der Waals surface area contributed by atoms with Crippen LogP contribution >= 0.6 is 11.5 Å². The lowest BCUT2D eigenvalue weighted by molar-refractivity contribution is 0.0889. The summed E-state index contributed by atoms with van der Waals surface area (Å²) in [5.41, 5.74) is 1.23. The van der Waals surface area contributed by atoms with Crippen molar-refractivity contribution in [2.75, 3.05) is 30.5 Å². The molecule has 1 fully saturated rings. The summed E-state index contributed by atoms with van der Waals surface area (Å²) in [5, 5.41) is 13.1. The molecule has 2 heterocycles. The smallest absolute Gasteiger partial charge is 0.251 e. The number of hydrogen-bond donors (Lipinski definition) is 2. The third-order valence-corrected chi connectivity index (χ3v) is 6.32. The van der Waals surface area contributed by atoms with Gasteiger partial charge in [0.15, 0.2) is 9.84 Å². The highest BCUT2D eigenvalue weighted by molar-refractivity contribution is 7.91. The Balaban J connectivity index is 1.70. The van der Waals surface area contributed by atoms with E-state index in [0.717, 1.165) is 10.6 Å². The fourth-order valence-electron chi connectivity index (χ4n) is 2.50. The van der Waals surface area contributed by atoms with Gasteiger partial charge in [-0.2, -0.15) is 9.36 Å². The lowest BCUT2D eigenvalue weighted by atomic mass is 10.1. The Bertz CT molecular complexity index is 877. The van der Waals surface area contributed by atoms with Crippen LogP contribution in [0.15, 0.2) is 24.3 Å². The fraction of sp³-hybridized carbons (Fsp3) is 0.400. The molecule has 0 saturated carbocycles. The zero-order valence-electron chi connectivity index (χ0n) is 13.7. The van der Waals surface area contributed by atoms with E-state index >= 15 is 0 Å². The van der Waals surface area contributed by atoms with Crippen molar-refractivity contribution in [1.82, 2.24) is 14.7 Å². The molecule has 0 spiro atoms. The maximum absolute atomic E-state index is 12.2. The third-order valence-electron chi connectivity index (χ3n) is 3.85. The number of amides is 1. The normalized spacial score (nSPS) is 21.9. The average molecular weight is 382 g/mol. The number of aromatic nitrogens is 2. The number of nitrogens with one attached hydrogen (secondary N) is 1. The van der Waals surface area contributed by atoms with Crippen LogP contribution in [0.1, 0.15) is 10.4 Å². The Labute approximate surface area is 149 Å². The van der Waals surface area contributed by atoms with Crippen molar-refractivity contribution in [3.8, 4) is 10.6 Å². The summed E-state index contributed by atoms with van der Waals surface area (Å²) in [5.74, 6) is -0.352. The lowest BCUT2D eigenvalue weighted by Crippen LogP contribution is -2.42. The molecule has 1 saturated heterocycles. The molecule has 0 radical (unpaired) electrons. The van der Waals surface area contributed by atoms with Gasteiger partial charge in [0.05, 0.1) is 23.7 Å². The SMILES string of the molecule is CN(C)c1nsc(-c2ccc(C(=O)NC3CS(=O)(=O)CC3O)cc2)n1. The van der Waals surface area contributed by atoms with Gasteiger partial charge < -0.3 is 15.3 Å². The monoisotopic (exact) mass is 382 g/mol. The summed E-state index contributed by atoms with van der Waals surface area (Å²) in [6.07, 6.45) is -1.07. The van der Waals surface area contributed by atoms with Crippen LogP contribution in [0.2, 0.25) is 0 Å². The van der Waals surface area contributed by atoms with Gasteiger partial charge in [-0.15, -0.1) is 0 Å². The van der Waals surface area contributed by atoms with Crippen LogP contribution < -0.4 is 10.2 Å². The first-order valence-electron chi connectivity index (χ1n) is 7.56. The van der Waals surface area contributed by atoms with E-state index in [4.69, 9.17) is 0 Å². The zero-order chi connectivity index (χ0) is 18.2. The van der Waals surface area contributed by atoms with Crippen LogP contribution in [0.5, 0.6) is 0 Å². The van der Waals surface area contributed by atoms with Crippen LogP contribution in [-0.2, 0) is 9.84 Å². The van der Waals surface area contributed by atoms with E-state index < -0.39 is 27.9 Å². The van der Waals surface area contributed by atoms with Gasteiger partial charge in [-0.25, -0.2) is 8.42 Å². The minimum Gasteiger partial charge on any atom is -0.390 e. The van der Waals surface area contributed by atoms with Gasteiger partial charge in [-0.1, -0.05) is 12.1 Å². The van der Waals surface area contributed by atoms with Gasteiger partial charge in [0.25, 0.3) is 5.91 Å². The number of sulfone groups is 1. The molecule has 1 aromatic carbocycles. The van der Waals surface area contributed by atoms with Gasteiger partial charge in [-0.3, -0.25) is 4.79 Å². The van der Waals surface area contributed by atoms with Crippen molar-refractivity contribution >= 4 is 33.2 Å². The van der Waals surface area contributed by atoms with Crippen molar-refractivity contribution in [1.29, 1.82) is 0 Å². The Morgan fingerprint density at radius 2 is 1.96 bits per heavy atom. The number of carbonyl (C=O) groups is 1. The summed E-state index contributed by atoms with van der Waals surface area (Å²) in [6, 6.07) is 6.02. The summed E-state index contributed by atoms with van der Waals surface area (Å²) >= 11 is 1.27. The number of rotatable bonds is 4. The highest BCUT2D eigenvalue weighted by Gasteiger charge is 2.37. The molecule has 2 atom stereocenters. The van der Waals surface area contributed by atoms with E-state index in [0.29, 0.717) is 11.5 Å². The second-order valence-electron chi connectivity index (χ2n) is 6.10. The molecule has 1 amide bonds. The number of aliphatic hydroxyl groups excluding tert-OH is 1. The standard InChI is InChI=1S/C15H18N4O4S2/c1-19(2)15-17-14(24-18-15)10-5-3-9(4-6-10)13(21)16-11-7-25(22,23)8-12(11)20/h3-6,11-12,20H,7-8H2,1-2H3,(H,16,21). The Morgan fingerprint density at radius 1 is 1.28 bits per heavy atom. The van der Waals surface area contributed by atoms with E-state index in [1.807, 2.05) is 19.0 Å². The van der Waals surface area contributed by atoms with E-state index in [9.17, 15) is 18.3 Å². The van der Waals surface area contributed by atoms with Gasteiger partial charge in [0.1, 0.15) is 5.01 Å². The van der Waals surface area contributed by atoms with Crippen LogP contribution in [0.4, 0.5) is 5.95 Å². The zero-order valence-corrected chi connectivity index (χ0v) is 15.3. The van der Waals surface area contributed by atoms with Crippen molar-refractivity contribution in [2.45, 2.75) is 12.1 Å². The fourth-order valence-corrected chi connectivity index (χ4v) is 4.97. The quantitative estimate of drug-likeness (QED) is 0.774. The molecule has 134 valence electrons. The number of nitrogens with zero attached hydrogens (tertiary/aromatic N) is 3. The second kappa shape index (κ2) is 6.70. The number of benzene rings is 1. The van der Waals surface area contributed by atoms with E-state index in [2.05, 4.69) is 14.7 Å². The molecular formula is C15H18N4O4S2. The van der Waals surface area contributed by atoms with Crippen molar-refractivity contribution in [3.63, 3.8) is 0 Å². The maximum Gasteiger partial charge on any atom is 0.251 e. The van der Waals surface area contributed by atoms with Gasteiger partial charge in [0.2, 0.25) is 5.95 Å². The molecule has 2 unspecified atom stereocenters. The first kappa shape index (κ1) is 17.8. The van der Waals surface area contributed by atoms with Crippen LogP contribution in [0.25, 0.3) is 10.6 Å². The summed E-state index contributed by atoms with van der Waals surface area (Å²) in [6.45, 7) is 0. The number of carbonyl (C=O) groups excluding carboxylic acids is 1. The maximum atomic E-state index is 12.2. The van der Waals surface area contributed by atoms with Crippen molar-refractivity contribution in [3.05, 3.63) is 29.8 Å². The molecule has 1 aromatic heterocycles. The molecule has 2 N–H and O–H groups in total. The number of hydrogen-bond acceptors (Lipinski definition) is 8. The summed E-state index contributed by atoms with van der Waals surface area (Å²) in [7, 11) is 0.414. The predicted molar refractivity (Wildman–Crippen MR) is 95.6 cm³/mol. The first-order chi connectivity index (χ1) is 11.7. The molecule has 25 heavy (non-hydrogen) atoms. The Hall–Kier alpha value is -2.04. The van der Waals surface area contributed by atoms with Gasteiger partial charge >= 0.3 is 0 Å². The largest absolute Gasteiger partial charge is 0.390 e. The topological polar surface area (TPSA) is 112 Å². The molecule has 0 bridgehead atoms. The van der Waals surface area contributed by atoms with E-state index in [1.54, 1.807) is 24.3 Å². The minimum absolute atomic E-state index is 0.240. The molecule has 1 aliphatic rings. The highest BCUT2D eigenvalue weighted by atomic mass is 32.2. The minimum atomic E-state index is -3.30. The predicted octanol–water partition coefficient (Wildman–Crippen LogP) is 0.159. The summed E-state index contributed by atoms with van der Waals surface area (Å²) in [4.78, 5) is 18.5. The molecule has 8 nitrogen and oxygen atoms in total. The van der Waals surface area contributed by atoms with Gasteiger partial charge in [0, 0.05) is 25.2 Å². The van der Waals surface area contributed by atoms with Crippen LogP contribution in [-0.4, -0.2) is 66.5 Å². The molecule has 2 aromatic rings. The number of anilines is 1. The van der Waals surface area contributed by atoms with Crippen molar-refractivity contribution in [2.24, 2.45) is 0 Å². The van der Waals surface area contributed by atoms with E-state index in [-0.39, 0.29) is 11.5 Å². The highest BCUT2D eigenvalue weighted by Crippen LogP contribution is 2.24. The molecule has 3 rings (SSSR count). The van der Waals surface area contributed by atoms with Crippen molar-refractivity contribution < 1.29 is 18.3 Å².